The van der Waals surface area contributed by atoms with E-state index in [-0.39, 0.29) is 73.0 Å². The first-order valence-corrected chi connectivity index (χ1v) is 22.7. The quantitative estimate of drug-likeness (QED) is 0.0447. The molecule has 3 amide bonds. The average molecular weight is 1090 g/mol. The molecular formula is C54H85N4O12Pd-. The zero-order chi connectivity index (χ0) is 50.4. The normalized spacial score (nSPS) is 17.0. The van der Waals surface area contributed by atoms with Gasteiger partial charge in [0.05, 0.1) is 34.5 Å². The Morgan fingerprint density at radius 2 is 1.55 bits per heavy atom. The molecule has 0 aromatic heterocycles. The Morgan fingerprint density at radius 3 is 2.10 bits per heavy atom. The molecule has 1 aliphatic heterocycles. The largest absolute Gasteiger partial charge is 0.496 e. The molecule has 1 aliphatic rings. The van der Waals surface area contributed by atoms with Crippen molar-refractivity contribution >= 4 is 41.4 Å². The SMILES string of the molecule is C.C.C=CCC[C@H](NC(=O)[C@H](C)CC(=O)[C@H](c1ccc(OC)c(CC=C)c1)N(C)C(=O)OC(C)(C)C)C(=O)OC.CN[C@@H]1C(=O)C[C@@H](C)C(=O)N[C@H](C(=O)OC)CCCCCc2cc1ccc2OC.[CH3-].[Pd]. The van der Waals surface area contributed by atoms with Gasteiger partial charge in [-0.05, 0) is 107 Å². The van der Waals surface area contributed by atoms with E-state index >= 15 is 0 Å². The fourth-order valence-electron chi connectivity index (χ4n) is 7.59. The van der Waals surface area contributed by atoms with Gasteiger partial charge < -0.3 is 47.1 Å². The first-order valence-electron chi connectivity index (χ1n) is 22.7. The molecule has 17 heteroatoms. The molecule has 71 heavy (non-hydrogen) atoms. The summed E-state index contributed by atoms with van der Waals surface area (Å²) in [4.78, 5) is 90.4. The number of rotatable bonds is 17. The van der Waals surface area contributed by atoms with Crippen molar-refractivity contribution < 1.29 is 77.7 Å². The van der Waals surface area contributed by atoms with Crippen LogP contribution < -0.4 is 25.4 Å². The van der Waals surface area contributed by atoms with E-state index in [2.05, 4.69) is 29.1 Å². The Bertz CT molecular complexity index is 2040. The van der Waals surface area contributed by atoms with E-state index in [1.807, 2.05) is 18.2 Å². The Hall–Kier alpha value is -5.37. The molecule has 0 spiro atoms. The summed E-state index contributed by atoms with van der Waals surface area (Å²) >= 11 is 0. The van der Waals surface area contributed by atoms with Crippen molar-refractivity contribution in [1.29, 1.82) is 0 Å². The monoisotopic (exact) mass is 1090 g/mol. The number of allylic oxidation sites excluding steroid dienone is 2. The molecule has 0 saturated heterocycles. The number of amides is 3. The van der Waals surface area contributed by atoms with Crippen LogP contribution in [0, 0.1) is 19.3 Å². The number of nitrogens with one attached hydrogen (secondary N) is 3. The van der Waals surface area contributed by atoms with E-state index in [4.69, 9.17) is 23.7 Å². The summed E-state index contributed by atoms with van der Waals surface area (Å²) in [7, 11) is 8.97. The molecule has 0 aliphatic carbocycles. The van der Waals surface area contributed by atoms with Crippen molar-refractivity contribution in [1.82, 2.24) is 20.9 Å². The summed E-state index contributed by atoms with van der Waals surface area (Å²) in [6, 6.07) is 7.95. The number of Topliss-reactive ketones (excluding diaryl/α,β-unsaturated/α-hetero) is 2. The van der Waals surface area contributed by atoms with Gasteiger partial charge in [-0.3, -0.25) is 24.1 Å². The standard InChI is InChI=1S/C29H42N2O7.C22H32N2O5.2CH4.CH3.Pd/c1-10-12-14-22(27(34)37-9)30-26(33)19(3)17-23(32)25(31(7)28(35)38-29(4,5)6)21-15-16-24(36-8)20(18-21)13-11-2;1-14-12-18(25)20(23-2)16-10-11-19(28-3)15(13-16)8-6-5-7-9-17(22(27)29-4)24-21(14)26;;;;/h10-11,15-16,18-19,22,25H,1-2,12-14,17H2,3-9H3,(H,30,33);10-11,13-14,17,20,23H,5-9,12H2,1-4H3,(H,24,26);2*1H4;1H3;/q;;;;-1;/t19-,22+,25+;14-,17+,20+;;;;/m11..../s1. The van der Waals surface area contributed by atoms with Crippen LogP contribution in [0.4, 0.5) is 4.79 Å². The van der Waals surface area contributed by atoms with Crippen LogP contribution in [0.2, 0.25) is 0 Å². The number of methoxy groups -OCH3 is 4. The Kier molecular flexibility index (Phi) is 34.3. The number of carbonyl (C=O) groups is 7. The number of ether oxygens (including phenoxy) is 5. The van der Waals surface area contributed by atoms with E-state index in [1.165, 1.54) is 26.2 Å². The number of hydrogen-bond donors (Lipinski definition) is 3. The number of aryl methyl sites for hydroxylation is 1. The van der Waals surface area contributed by atoms with Crippen LogP contribution in [0.15, 0.2) is 61.7 Å². The second-order valence-electron chi connectivity index (χ2n) is 17.6. The van der Waals surface area contributed by atoms with Gasteiger partial charge in [0.2, 0.25) is 11.8 Å². The third kappa shape index (κ3) is 22.3. The second kappa shape index (κ2) is 34.9. The molecule has 404 valence electrons. The van der Waals surface area contributed by atoms with Crippen molar-refractivity contribution in [3.05, 3.63) is 91.4 Å². The van der Waals surface area contributed by atoms with Gasteiger partial charge in [0.25, 0.3) is 0 Å². The zero-order valence-electron chi connectivity index (χ0n) is 42.7. The minimum atomic E-state index is -1.02. The number of hydrogen-bond acceptors (Lipinski definition) is 13. The average Bonchev–Trinajstić information content (AvgIpc) is 3.29. The smallest absolute Gasteiger partial charge is 0.410 e. The predicted octanol–water partition coefficient (Wildman–Crippen LogP) is 8.60. The van der Waals surface area contributed by atoms with Crippen LogP contribution in [0.25, 0.3) is 0 Å². The molecule has 3 rings (SSSR count). The summed E-state index contributed by atoms with van der Waals surface area (Å²) in [5.41, 5.74) is 2.49. The van der Waals surface area contributed by atoms with E-state index in [0.29, 0.717) is 37.0 Å². The van der Waals surface area contributed by atoms with Gasteiger partial charge in [0.15, 0.2) is 11.6 Å². The number of ketones is 2. The van der Waals surface area contributed by atoms with Crippen molar-refractivity contribution in [2.24, 2.45) is 11.8 Å². The maximum Gasteiger partial charge on any atom is 0.410 e. The number of esters is 2. The van der Waals surface area contributed by atoms with Crippen LogP contribution in [-0.4, -0.2) is 107 Å². The molecular weight excluding hydrogens is 1000 g/mol. The maximum atomic E-state index is 13.7. The van der Waals surface area contributed by atoms with Crippen molar-refractivity contribution in [2.75, 3.05) is 42.5 Å². The van der Waals surface area contributed by atoms with Gasteiger partial charge in [-0.15, -0.1) is 13.2 Å². The van der Waals surface area contributed by atoms with Crippen LogP contribution in [0.1, 0.15) is 135 Å². The van der Waals surface area contributed by atoms with Crippen molar-refractivity contribution in [2.45, 2.75) is 143 Å². The third-order valence-corrected chi connectivity index (χ3v) is 11.2. The Labute approximate surface area is 438 Å². The number of benzene rings is 2. The van der Waals surface area contributed by atoms with Crippen LogP contribution >= 0.6 is 0 Å². The van der Waals surface area contributed by atoms with Gasteiger partial charge in [-0.25, -0.2) is 14.4 Å². The van der Waals surface area contributed by atoms with E-state index in [9.17, 15) is 33.6 Å². The van der Waals surface area contributed by atoms with Gasteiger partial charge in [-0.2, -0.15) is 0 Å². The summed E-state index contributed by atoms with van der Waals surface area (Å²) < 4.78 is 26.0. The number of fused-ring (bicyclic) bond motifs is 2. The second-order valence-corrected chi connectivity index (χ2v) is 17.6. The fourth-order valence-corrected chi connectivity index (χ4v) is 7.59. The first-order chi connectivity index (χ1) is 31.7. The fraction of sp³-hybridized carbons (Fsp3) is 0.556. The topological polar surface area (TPSA) is 205 Å². The Balaban J connectivity index is -0.00000127. The summed E-state index contributed by atoms with van der Waals surface area (Å²) in [6.07, 6.45) is 7.82. The molecule has 0 unspecified atom stereocenters. The van der Waals surface area contributed by atoms with Crippen molar-refractivity contribution in [3.8, 4) is 11.5 Å². The summed E-state index contributed by atoms with van der Waals surface area (Å²) in [6.45, 7) is 15.9. The minimum absolute atomic E-state index is 0. The van der Waals surface area contributed by atoms with Gasteiger partial charge in [0, 0.05) is 52.1 Å². The van der Waals surface area contributed by atoms with Gasteiger partial charge >= 0.3 is 18.0 Å². The van der Waals surface area contributed by atoms with Crippen LogP contribution in [0.5, 0.6) is 11.5 Å². The minimum Gasteiger partial charge on any atom is -0.496 e. The molecule has 0 radical (unpaired) electrons. The molecule has 1 heterocycles. The van der Waals surface area contributed by atoms with Crippen molar-refractivity contribution in [3.63, 3.8) is 0 Å². The predicted molar refractivity (Wildman–Crippen MR) is 275 cm³/mol. The van der Waals surface area contributed by atoms with Gasteiger partial charge in [-0.1, -0.05) is 71.9 Å². The first kappa shape index (κ1) is 69.9. The molecule has 3 N–H and O–H groups in total. The van der Waals surface area contributed by atoms with Gasteiger partial charge in [0.1, 0.15) is 35.2 Å². The molecule has 2 aromatic rings. The zero-order valence-corrected chi connectivity index (χ0v) is 44.3. The summed E-state index contributed by atoms with van der Waals surface area (Å²) in [5.74, 6) is -2.15. The van der Waals surface area contributed by atoms with Crippen LogP contribution in [-0.2, 0) is 76.2 Å². The molecule has 2 bridgehead atoms. The molecule has 0 saturated carbocycles. The number of carbonyl (C=O) groups excluding carboxylic acids is 7. The number of likely N-dealkylation sites (N-methyl/N-ethyl adjacent to an activating group) is 2. The molecule has 0 fully saturated rings. The molecule has 6 atom stereocenters. The van der Waals surface area contributed by atoms with Crippen LogP contribution in [0.3, 0.4) is 0 Å². The number of nitrogens with zero attached hydrogens (tertiary/aromatic N) is 1. The van der Waals surface area contributed by atoms with E-state index in [0.717, 1.165) is 48.1 Å². The molecule has 2 aromatic carbocycles. The summed E-state index contributed by atoms with van der Waals surface area (Å²) in [5, 5.41) is 8.49. The van der Waals surface area contributed by atoms with E-state index in [1.54, 1.807) is 86.2 Å². The maximum absolute atomic E-state index is 13.7. The van der Waals surface area contributed by atoms with E-state index < -0.39 is 65.5 Å². The Morgan fingerprint density at radius 1 is 0.915 bits per heavy atom. The third-order valence-electron chi connectivity index (χ3n) is 11.2. The molecule has 16 nitrogen and oxygen atoms in total.